The van der Waals surface area contributed by atoms with Crippen LogP contribution in [-0.2, 0) is 11.3 Å². The van der Waals surface area contributed by atoms with E-state index in [1.807, 2.05) is 0 Å². The molecule has 1 aromatic carbocycles. The fourth-order valence-corrected chi connectivity index (χ4v) is 2.66. The highest BCUT2D eigenvalue weighted by molar-refractivity contribution is 5.79. The summed E-state index contributed by atoms with van der Waals surface area (Å²) in [6.07, 6.45) is 2.03. The van der Waals surface area contributed by atoms with E-state index in [1.54, 1.807) is 19.2 Å². The molecule has 1 saturated heterocycles. The number of hydrogen-bond acceptors (Lipinski definition) is 4. The number of methoxy groups -OCH3 is 1. The van der Waals surface area contributed by atoms with Gasteiger partial charge in [0.2, 0.25) is 0 Å². The van der Waals surface area contributed by atoms with E-state index >= 15 is 0 Å². The predicted molar refractivity (Wildman–Crippen MR) is 91.4 cm³/mol. The van der Waals surface area contributed by atoms with Crippen LogP contribution in [0.15, 0.2) is 23.2 Å². The first-order valence-electron chi connectivity index (χ1n) is 8.16. The minimum absolute atomic E-state index is 0.0726. The topological polar surface area (TPSA) is 64.1 Å². The third kappa shape index (κ3) is 5.74. The van der Waals surface area contributed by atoms with Crippen molar-refractivity contribution in [1.82, 2.24) is 10.6 Å². The van der Waals surface area contributed by atoms with Crippen molar-refractivity contribution in [3.63, 3.8) is 0 Å². The van der Waals surface area contributed by atoms with Gasteiger partial charge in [0.15, 0.2) is 5.96 Å². The van der Waals surface area contributed by atoms with Crippen molar-refractivity contribution in [2.75, 3.05) is 27.3 Å². The summed E-state index contributed by atoms with van der Waals surface area (Å²) in [4.78, 5) is 4.14. The number of nitrogens with zero attached hydrogens (tertiary/aromatic N) is 1. The quantitative estimate of drug-likeness (QED) is 0.580. The number of aliphatic imine (C=N–C) groups is 1. The molecule has 0 saturated carbocycles. The van der Waals surface area contributed by atoms with Gasteiger partial charge in [-0.1, -0.05) is 0 Å². The third-order valence-corrected chi connectivity index (χ3v) is 4.09. The Morgan fingerprint density at radius 3 is 2.80 bits per heavy atom. The Kier molecular flexibility index (Phi) is 6.81. The Bertz CT molecular complexity index is 591. The molecule has 6 nitrogen and oxygen atoms in total. The Morgan fingerprint density at radius 1 is 1.40 bits per heavy atom. The molecule has 0 bridgehead atoms. The van der Waals surface area contributed by atoms with E-state index in [0.717, 1.165) is 19.4 Å². The summed E-state index contributed by atoms with van der Waals surface area (Å²) in [5, 5.41) is 6.30. The number of guanidine groups is 1. The van der Waals surface area contributed by atoms with Crippen molar-refractivity contribution in [1.29, 1.82) is 0 Å². The molecule has 1 unspecified atom stereocenters. The molecular weight excluding hydrogens is 332 g/mol. The summed E-state index contributed by atoms with van der Waals surface area (Å²) < 4.78 is 40.6. The zero-order valence-electron chi connectivity index (χ0n) is 14.8. The highest BCUT2D eigenvalue weighted by Gasteiger charge is 2.29. The molecule has 0 aromatic heterocycles. The number of hydrogen-bond donors (Lipinski definition) is 2. The number of ether oxygens (including phenoxy) is 3. The van der Waals surface area contributed by atoms with Gasteiger partial charge in [0.05, 0.1) is 12.7 Å². The van der Waals surface area contributed by atoms with Gasteiger partial charge in [-0.05, 0) is 31.9 Å². The summed E-state index contributed by atoms with van der Waals surface area (Å²) in [5.74, 6) is 1.09. The number of nitrogens with one attached hydrogen (secondary N) is 2. The van der Waals surface area contributed by atoms with Gasteiger partial charge in [-0.2, -0.15) is 8.78 Å². The zero-order chi connectivity index (χ0) is 18.3. The first-order valence-corrected chi connectivity index (χ1v) is 8.16. The van der Waals surface area contributed by atoms with Crippen molar-refractivity contribution in [2.24, 2.45) is 4.99 Å². The molecule has 0 radical (unpaired) electrons. The van der Waals surface area contributed by atoms with Gasteiger partial charge in [0, 0.05) is 38.4 Å². The largest absolute Gasteiger partial charge is 0.497 e. The van der Waals surface area contributed by atoms with Gasteiger partial charge < -0.3 is 24.8 Å². The van der Waals surface area contributed by atoms with Crippen LogP contribution in [0.3, 0.4) is 0 Å². The van der Waals surface area contributed by atoms with E-state index in [2.05, 4.69) is 27.3 Å². The second-order valence-corrected chi connectivity index (χ2v) is 6.03. The van der Waals surface area contributed by atoms with Crippen molar-refractivity contribution >= 4 is 5.96 Å². The summed E-state index contributed by atoms with van der Waals surface area (Å²) in [6, 6.07) is 4.81. The number of rotatable bonds is 7. The Morgan fingerprint density at radius 2 is 2.20 bits per heavy atom. The lowest BCUT2D eigenvalue weighted by molar-refractivity contribution is -0.0505. The third-order valence-electron chi connectivity index (χ3n) is 4.09. The van der Waals surface area contributed by atoms with Crippen LogP contribution in [0.25, 0.3) is 0 Å². The standard InChI is InChI=1S/C17H25F2N3O3/c1-17(7-4-8-24-17)11-22-16(20-2)21-10-12-5-6-13(23-3)9-14(12)25-15(18)19/h5-6,9,15H,4,7-8,10-11H2,1-3H3,(H2,20,21,22). The summed E-state index contributed by atoms with van der Waals surface area (Å²) in [6.45, 7) is 0.824. The number of benzene rings is 1. The highest BCUT2D eigenvalue weighted by Crippen LogP contribution is 2.26. The van der Waals surface area contributed by atoms with Gasteiger partial charge in [-0.25, -0.2) is 0 Å². The van der Waals surface area contributed by atoms with E-state index in [1.165, 1.54) is 13.2 Å². The molecule has 0 spiro atoms. The minimum Gasteiger partial charge on any atom is -0.497 e. The first kappa shape index (κ1) is 19.2. The van der Waals surface area contributed by atoms with E-state index in [-0.39, 0.29) is 17.9 Å². The first-order chi connectivity index (χ1) is 12.0. The van der Waals surface area contributed by atoms with Crippen molar-refractivity contribution in [3.8, 4) is 11.5 Å². The predicted octanol–water partition coefficient (Wildman–Crippen LogP) is 2.53. The van der Waals surface area contributed by atoms with E-state index < -0.39 is 6.61 Å². The maximum Gasteiger partial charge on any atom is 0.387 e. The van der Waals surface area contributed by atoms with Crippen molar-refractivity contribution in [2.45, 2.75) is 38.5 Å². The lowest BCUT2D eigenvalue weighted by Gasteiger charge is -2.24. The smallest absolute Gasteiger partial charge is 0.387 e. The normalized spacial score (nSPS) is 20.6. The van der Waals surface area contributed by atoms with Crippen LogP contribution >= 0.6 is 0 Å². The Labute approximate surface area is 146 Å². The molecule has 140 valence electrons. The fourth-order valence-electron chi connectivity index (χ4n) is 2.66. The molecular formula is C17H25F2N3O3. The van der Waals surface area contributed by atoms with Crippen LogP contribution in [0.2, 0.25) is 0 Å². The second kappa shape index (κ2) is 8.84. The van der Waals surface area contributed by atoms with Crippen molar-refractivity contribution in [3.05, 3.63) is 23.8 Å². The van der Waals surface area contributed by atoms with Crippen LogP contribution in [0.4, 0.5) is 8.78 Å². The van der Waals surface area contributed by atoms with E-state index in [4.69, 9.17) is 9.47 Å². The monoisotopic (exact) mass is 357 g/mol. The molecule has 1 aromatic rings. The lowest BCUT2D eigenvalue weighted by atomic mass is 10.0. The Hall–Kier alpha value is -2.09. The molecule has 2 rings (SSSR count). The summed E-state index contributed by atoms with van der Waals surface area (Å²) in [7, 11) is 3.12. The molecule has 0 amide bonds. The molecule has 25 heavy (non-hydrogen) atoms. The number of halogens is 2. The van der Waals surface area contributed by atoms with Crippen molar-refractivity contribution < 1.29 is 23.0 Å². The van der Waals surface area contributed by atoms with E-state index in [0.29, 0.717) is 23.8 Å². The maximum atomic E-state index is 12.6. The highest BCUT2D eigenvalue weighted by atomic mass is 19.3. The molecule has 2 N–H and O–H groups in total. The second-order valence-electron chi connectivity index (χ2n) is 6.03. The average Bonchev–Trinajstić information content (AvgIpc) is 3.02. The van der Waals surface area contributed by atoms with Gasteiger partial charge in [0.25, 0.3) is 0 Å². The fraction of sp³-hybridized carbons (Fsp3) is 0.588. The van der Waals surface area contributed by atoms with Crippen LogP contribution in [0.1, 0.15) is 25.3 Å². The zero-order valence-corrected chi connectivity index (χ0v) is 14.8. The van der Waals surface area contributed by atoms with Crippen LogP contribution in [-0.4, -0.2) is 45.5 Å². The average molecular weight is 357 g/mol. The van der Waals surface area contributed by atoms with Gasteiger partial charge in [-0.3, -0.25) is 4.99 Å². The lowest BCUT2D eigenvalue weighted by Crippen LogP contribution is -2.45. The molecule has 0 aliphatic carbocycles. The molecule has 1 heterocycles. The molecule has 1 atom stereocenters. The van der Waals surface area contributed by atoms with Crippen LogP contribution < -0.4 is 20.1 Å². The molecule has 1 fully saturated rings. The minimum atomic E-state index is -2.90. The Balaban J connectivity index is 1.96. The SMILES string of the molecule is CN=C(NCc1ccc(OC)cc1OC(F)F)NCC1(C)CCCO1. The summed E-state index contributed by atoms with van der Waals surface area (Å²) >= 11 is 0. The molecule has 1 aliphatic heterocycles. The van der Waals surface area contributed by atoms with E-state index in [9.17, 15) is 8.78 Å². The summed E-state index contributed by atoms with van der Waals surface area (Å²) in [5.41, 5.74) is 0.370. The molecule has 8 heteroatoms. The maximum absolute atomic E-state index is 12.6. The number of alkyl halides is 2. The molecule has 1 aliphatic rings. The van der Waals surface area contributed by atoms with Gasteiger partial charge in [-0.15, -0.1) is 0 Å². The van der Waals surface area contributed by atoms with Gasteiger partial charge >= 0.3 is 6.61 Å². The van der Waals surface area contributed by atoms with Crippen LogP contribution in [0, 0.1) is 0 Å². The van der Waals surface area contributed by atoms with Gasteiger partial charge in [0.1, 0.15) is 11.5 Å². The van der Waals surface area contributed by atoms with Crippen LogP contribution in [0.5, 0.6) is 11.5 Å².